The third-order valence-electron chi connectivity index (χ3n) is 4.26. The molecule has 1 aromatic heterocycles. The van der Waals surface area contributed by atoms with E-state index in [4.69, 9.17) is 15.8 Å². The maximum atomic E-state index is 12.8. The Bertz CT molecular complexity index is 1060. The van der Waals surface area contributed by atoms with Crippen molar-refractivity contribution in [2.45, 2.75) is 18.3 Å². The number of hydrogen-bond donors (Lipinski definition) is 4. The fourth-order valence-corrected chi connectivity index (χ4v) is 5.78. The summed E-state index contributed by atoms with van der Waals surface area (Å²) in [6.07, 6.45) is 1.51. The highest BCUT2D eigenvalue weighted by atomic mass is 32.2. The van der Waals surface area contributed by atoms with Gasteiger partial charge in [-0.1, -0.05) is 22.1 Å². The predicted octanol–water partition coefficient (Wildman–Crippen LogP) is 0.869. The Kier molecular flexibility index (Phi) is 7.42. The normalized spacial score (nSPS) is 21.4. The van der Waals surface area contributed by atoms with Gasteiger partial charge in [0.2, 0.25) is 0 Å². The van der Waals surface area contributed by atoms with Gasteiger partial charge in [0.15, 0.2) is 10.8 Å². The summed E-state index contributed by atoms with van der Waals surface area (Å²) in [6, 6.07) is -0.939. The third-order valence-corrected chi connectivity index (χ3v) is 7.29. The van der Waals surface area contributed by atoms with Crippen LogP contribution in [0, 0.1) is 0 Å². The number of oxime groups is 2. The molecule has 0 spiro atoms. The van der Waals surface area contributed by atoms with E-state index >= 15 is 0 Å². The number of thiazole rings is 1. The van der Waals surface area contributed by atoms with Crippen molar-refractivity contribution in [2.75, 3.05) is 18.6 Å². The number of carboxylic acid groups (broad SMARTS) is 1. The molecule has 15 heteroatoms. The van der Waals surface area contributed by atoms with Gasteiger partial charge in [0.1, 0.15) is 29.9 Å². The molecule has 2 aliphatic heterocycles. The molecule has 1 aromatic rings. The molecule has 1 saturated heterocycles. The van der Waals surface area contributed by atoms with Crippen LogP contribution in [0.4, 0.5) is 5.13 Å². The van der Waals surface area contributed by atoms with Gasteiger partial charge in [0.05, 0.1) is 5.71 Å². The van der Waals surface area contributed by atoms with E-state index < -0.39 is 29.2 Å². The minimum Gasteiger partial charge on any atom is -0.477 e. The minimum atomic E-state index is -1.25. The van der Waals surface area contributed by atoms with Gasteiger partial charge in [-0.25, -0.2) is 9.78 Å². The highest BCUT2D eigenvalue weighted by Crippen LogP contribution is 2.43. The number of fused-ring (bicyclic) bond motifs is 1. The van der Waals surface area contributed by atoms with E-state index in [1.54, 1.807) is 12.3 Å². The molecular weight excluding hydrogens is 480 g/mol. The maximum absolute atomic E-state index is 12.8. The van der Waals surface area contributed by atoms with Gasteiger partial charge >= 0.3 is 5.97 Å². The number of nitrogen functional groups attached to an aromatic ring is 1. The molecule has 1 fully saturated rings. The van der Waals surface area contributed by atoms with Crippen LogP contribution in [0.1, 0.15) is 12.6 Å². The molecule has 0 aliphatic carbocycles. The molecule has 5 N–H and O–H groups in total. The van der Waals surface area contributed by atoms with E-state index in [2.05, 4.69) is 20.6 Å². The van der Waals surface area contributed by atoms with Crippen molar-refractivity contribution in [2.24, 2.45) is 10.3 Å². The Morgan fingerprint density at radius 2 is 2.25 bits per heavy atom. The topological polar surface area (TPSA) is 180 Å². The second kappa shape index (κ2) is 10.1. The van der Waals surface area contributed by atoms with Crippen LogP contribution < -0.4 is 11.1 Å². The summed E-state index contributed by atoms with van der Waals surface area (Å²) in [5, 5.41) is 30.4. The van der Waals surface area contributed by atoms with Gasteiger partial charge in [-0.15, -0.1) is 23.1 Å². The van der Waals surface area contributed by atoms with Crippen molar-refractivity contribution in [3.05, 3.63) is 33.2 Å². The molecule has 3 rings (SSSR count). The van der Waals surface area contributed by atoms with Crippen LogP contribution in [0.15, 0.2) is 37.8 Å². The monoisotopic (exact) mass is 498 g/mol. The number of aromatic nitrogens is 1. The number of allylic oxidation sites excluding steroid dienone is 1. The Labute approximate surface area is 194 Å². The first-order valence-electron chi connectivity index (χ1n) is 8.84. The summed E-state index contributed by atoms with van der Waals surface area (Å²) in [6.45, 7) is 1.57. The lowest BCUT2D eigenvalue weighted by Gasteiger charge is -2.49. The van der Waals surface area contributed by atoms with Crippen molar-refractivity contribution in [3.8, 4) is 0 Å². The summed E-state index contributed by atoms with van der Waals surface area (Å²) in [5.74, 6) is -2.19. The van der Waals surface area contributed by atoms with Crippen molar-refractivity contribution in [1.29, 1.82) is 0 Å². The van der Waals surface area contributed by atoms with Crippen molar-refractivity contribution in [1.82, 2.24) is 15.2 Å². The second-order valence-electron chi connectivity index (χ2n) is 6.29. The zero-order chi connectivity index (χ0) is 23.4. The van der Waals surface area contributed by atoms with Gasteiger partial charge < -0.3 is 26.2 Å². The molecule has 0 radical (unpaired) electrons. The van der Waals surface area contributed by atoms with Crippen molar-refractivity contribution < 1.29 is 29.5 Å². The number of carboxylic acids is 1. The van der Waals surface area contributed by atoms with Crippen LogP contribution in [0.3, 0.4) is 0 Å². The van der Waals surface area contributed by atoms with Crippen LogP contribution in [0.25, 0.3) is 0 Å². The molecule has 3 heterocycles. The average Bonchev–Trinajstić information content (AvgIpc) is 3.20. The fraction of sp³-hybridized carbons (Fsp3) is 0.294. The average molecular weight is 499 g/mol. The molecule has 170 valence electrons. The Morgan fingerprint density at radius 1 is 1.50 bits per heavy atom. The summed E-state index contributed by atoms with van der Waals surface area (Å²) >= 11 is 3.55. The zero-order valence-electron chi connectivity index (χ0n) is 16.7. The summed E-state index contributed by atoms with van der Waals surface area (Å²) in [5.41, 5.74) is 5.85. The summed E-state index contributed by atoms with van der Waals surface area (Å²) in [4.78, 5) is 47.7. The standard InChI is InChI=1S/C17H18N6O6S3/c1-7(21-28)3-4-30-9-6-31-15-11(14(25)23(15)12(9)16(26)27)20-13(24)10(22-29-2)8-5-32-17(18)19-8/h3-5,11,15,28H,6H2,1-2H3,(H2,18,19)(H,20,24)(H,26,27)/b4-3+,21-7+,22-10-/t11?,15-/m1/s1. The first-order chi connectivity index (χ1) is 15.3. The lowest BCUT2D eigenvalue weighted by molar-refractivity contribution is -0.150. The van der Waals surface area contributed by atoms with Gasteiger partial charge in [0.25, 0.3) is 11.8 Å². The Balaban J connectivity index is 1.77. The van der Waals surface area contributed by atoms with Gasteiger partial charge in [-0.2, -0.15) is 0 Å². The molecule has 2 atom stereocenters. The number of thioether (sulfide) groups is 2. The molecule has 2 aliphatic rings. The lowest BCUT2D eigenvalue weighted by Crippen LogP contribution is -2.71. The molecule has 2 amide bonds. The summed E-state index contributed by atoms with van der Waals surface area (Å²) in [7, 11) is 1.27. The van der Waals surface area contributed by atoms with Gasteiger partial charge in [-0.3, -0.25) is 14.5 Å². The Hall–Kier alpha value is -3.04. The molecular formula is C17H18N6O6S3. The van der Waals surface area contributed by atoms with Crippen LogP contribution in [-0.2, 0) is 19.2 Å². The molecule has 0 saturated carbocycles. The highest BCUT2D eigenvalue weighted by Gasteiger charge is 2.54. The highest BCUT2D eigenvalue weighted by molar-refractivity contribution is 8.08. The number of nitrogens with one attached hydrogen (secondary N) is 1. The first kappa shape index (κ1) is 23.6. The number of aliphatic carboxylic acids is 1. The number of anilines is 1. The number of nitrogens with two attached hydrogens (primary N) is 1. The number of carbonyl (C=O) groups excluding carboxylic acids is 2. The van der Waals surface area contributed by atoms with Gasteiger partial charge in [0, 0.05) is 16.0 Å². The van der Waals surface area contributed by atoms with Crippen LogP contribution in [0.2, 0.25) is 0 Å². The molecule has 0 bridgehead atoms. The van der Waals surface area contributed by atoms with E-state index in [1.807, 2.05) is 0 Å². The minimum absolute atomic E-state index is 0.143. The van der Waals surface area contributed by atoms with E-state index in [1.165, 1.54) is 30.3 Å². The van der Waals surface area contributed by atoms with E-state index in [0.717, 1.165) is 28.0 Å². The van der Waals surface area contributed by atoms with Crippen LogP contribution in [-0.4, -0.2) is 73.7 Å². The summed E-state index contributed by atoms with van der Waals surface area (Å²) < 4.78 is 0. The van der Waals surface area contributed by atoms with E-state index in [-0.39, 0.29) is 22.2 Å². The predicted molar refractivity (Wildman–Crippen MR) is 121 cm³/mol. The molecule has 0 aromatic carbocycles. The van der Waals surface area contributed by atoms with Crippen LogP contribution in [0.5, 0.6) is 0 Å². The number of β-lactam (4-membered cyclic amide) rings is 1. The van der Waals surface area contributed by atoms with Gasteiger partial charge in [-0.05, 0) is 18.4 Å². The number of nitrogens with zero attached hydrogens (tertiary/aromatic N) is 4. The van der Waals surface area contributed by atoms with E-state index in [0.29, 0.717) is 16.4 Å². The zero-order valence-corrected chi connectivity index (χ0v) is 19.2. The first-order valence-corrected chi connectivity index (χ1v) is 11.7. The smallest absolute Gasteiger partial charge is 0.353 e. The largest absolute Gasteiger partial charge is 0.477 e. The number of amides is 2. The lowest BCUT2D eigenvalue weighted by atomic mass is 10.0. The van der Waals surface area contributed by atoms with Crippen molar-refractivity contribution in [3.63, 3.8) is 0 Å². The number of carbonyl (C=O) groups is 3. The Morgan fingerprint density at radius 3 is 2.84 bits per heavy atom. The number of hydrogen-bond acceptors (Lipinski definition) is 12. The van der Waals surface area contributed by atoms with Crippen molar-refractivity contribution >= 4 is 69.2 Å². The van der Waals surface area contributed by atoms with E-state index in [9.17, 15) is 19.5 Å². The molecule has 12 nitrogen and oxygen atoms in total. The second-order valence-corrected chi connectivity index (χ2v) is 9.29. The maximum Gasteiger partial charge on any atom is 0.353 e. The molecule has 1 unspecified atom stereocenters. The fourth-order valence-electron chi connectivity index (χ4n) is 2.83. The van der Waals surface area contributed by atoms with Crippen LogP contribution >= 0.6 is 34.9 Å². The number of rotatable bonds is 8. The quantitative estimate of drug-likeness (QED) is 0.174. The SMILES string of the molecule is CO/N=C(\C(=O)NC1C(=O)N2C(C(=O)O)=C(S/C=C/C(C)=N/O)CS[C@H]12)c1csc(N)n1. The molecule has 32 heavy (non-hydrogen) atoms. The third kappa shape index (κ3) is 4.73.